The van der Waals surface area contributed by atoms with Gasteiger partial charge in [-0.15, -0.1) is 0 Å². The molecule has 0 saturated heterocycles. The van der Waals surface area contributed by atoms with Gasteiger partial charge in [-0.2, -0.15) is 0 Å². The number of halogens is 1. The maximum Gasteiger partial charge on any atom is 0.339 e. The van der Waals surface area contributed by atoms with E-state index in [0.717, 1.165) is 20.9 Å². The topological polar surface area (TPSA) is 29.5 Å². The lowest BCUT2D eigenvalue weighted by molar-refractivity contribution is 0.0601. The van der Waals surface area contributed by atoms with E-state index in [-0.39, 0.29) is 5.97 Å². The maximum atomic E-state index is 11.8. The Labute approximate surface area is 114 Å². The van der Waals surface area contributed by atoms with Gasteiger partial charge in [0.1, 0.15) is 0 Å². The molecule has 0 aromatic heterocycles. The average molecular weight is 308 g/mol. The highest BCUT2D eigenvalue weighted by molar-refractivity contribution is 9.10. The number of ether oxygens (including phenoxy) is 1. The summed E-state index contributed by atoms with van der Waals surface area (Å²) in [5, 5.41) is 2.10. The largest absolute Gasteiger partial charge is 0.465 e. The van der Waals surface area contributed by atoms with Crippen molar-refractivity contribution in [3.63, 3.8) is 0 Å². The first kappa shape index (κ1) is 12.9. The van der Waals surface area contributed by atoms with E-state index >= 15 is 0 Å². The van der Waals surface area contributed by atoms with Crippen LogP contribution < -0.4 is 4.90 Å². The zero-order valence-corrected chi connectivity index (χ0v) is 12.1. The van der Waals surface area contributed by atoms with Crippen molar-refractivity contribution < 1.29 is 9.53 Å². The van der Waals surface area contributed by atoms with Crippen LogP contribution in [0.1, 0.15) is 10.4 Å². The first-order valence-corrected chi connectivity index (χ1v) is 6.31. The van der Waals surface area contributed by atoms with E-state index < -0.39 is 0 Å². The number of carbonyl (C=O) groups excluding carboxylic acids is 1. The number of fused-ring (bicyclic) bond motifs is 1. The van der Waals surface area contributed by atoms with Crippen molar-refractivity contribution in [2.45, 2.75) is 0 Å². The fraction of sp³-hybridized carbons (Fsp3) is 0.214. The molecule has 0 unspecified atom stereocenters. The molecule has 18 heavy (non-hydrogen) atoms. The summed E-state index contributed by atoms with van der Waals surface area (Å²) in [7, 11) is 5.21. The van der Waals surface area contributed by atoms with Gasteiger partial charge < -0.3 is 9.64 Å². The van der Waals surface area contributed by atoms with Crippen LogP contribution >= 0.6 is 15.9 Å². The molecule has 0 bridgehead atoms. The van der Waals surface area contributed by atoms with E-state index in [1.165, 1.54) is 7.11 Å². The molecule has 2 rings (SSSR count). The Kier molecular flexibility index (Phi) is 3.57. The van der Waals surface area contributed by atoms with Crippen LogP contribution in [0.5, 0.6) is 0 Å². The summed E-state index contributed by atoms with van der Waals surface area (Å²) in [6.07, 6.45) is 0. The minimum Gasteiger partial charge on any atom is -0.465 e. The lowest BCUT2D eigenvalue weighted by Gasteiger charge is -2.17. The third-order valence-electron chi connectivity index (χ3n) is 2.80. The zero-order chi connectivity index (χ0) is 13.3. The first-order chi connectivity index (χ1) is 8.52. The molecule has 0 aliphatic rings. The van der Waals surface area contributed by atoms with Crippen LogP contribution in [-0.2, 0) is 4.74 Å². The first-order valence-electron chi connectivity index (χ1n) is 5.52. The SMILES string of the molecule is COC(=O)c1cc2cc(Br)ccc2cc1N(C)C. The van der Waals surface area contributed by atoms with Gasteiger partial charge in [0.25, 0.3) is 0 Å². The molecule has 2 aromatic rings. The lowest BCUT2D eigenvalue weighted by Crippen LogP contribution is -2.14. The van der Waals surface area contributed by atoms with Gasteiger partial charge in [-0.1, -0.05) is 22.0 Å². The van der Waals surface area contributed by atoms with Crippen LogP contribution in [0.15, 0.2) is 34.8 Å². The van der Waals surface area contributed by atoms with Crippen molar-refractivity contribution in [2.75, 3.05) is 26.1 Å². The molecule has 0 spiro atoms. The fourth-order valence-corrected chi connectivity index (χ4v) is 2.28. The minimum absolute atomic E-state index is 0.319. The summed E-state index contributed by atoms with van der Waals surface area (Å²) in [6, 6.07) is 9.85. The zero-order valence-electron chi connectivity index (χ0n) is 10.5. The van der Waals surface area contributed by atoms with Crippen LogP contribution in [0.2, 0.25) is 0 Å². The Hall–Kier alpha value is -1.55. The number of nitrogens with zero attached hydrogens (tertiary/aromatic N) is 1. The van der Waals surface area contributed by atoms with Crippen LogP contribution in [-0.4, -0.2) is 27.2 Å². The predicted molar refractivity (Wildman–Crippen MR) is 77.3 cm³/mol. The predicted octanol–water partition coefficient (Wildman–Crippen LogP) is 3.45. The molecule has 0 amide bonds. The van der Waals surface area contributed by atoms with E-state index in [9.17, 15) is 4.79 Å². The summed E-state index contributed by atoms with van der Waals surface area (Å²) in [5.41, 5.74) is 1.43. The molecule has 0 aliphatic carbocycles. The molecule has 0 heterocycles. The Morgan fingerprint density at radius 2 is 1.89 bits per heavy atom. The molecule has 94 valence electrons. The van der Waals surface area contributed by atoms with Gasteiger partial charge in [0, 0.05) is 18.6 Å². The molecule has 0 N–H and O–H groups in total. The number of hydrogen-bond donors (Lipinski definition) is 0. The number of rotatable bonds is 2. The monoisotopic (exact) mass is 307 g/mol. The normalized spacial score (nSPS) is 10.4. The van der Waals surface area contributed by atoms with E-state index in [0.29, 0.717) is 5.56 Å². The molecule has 4 heteroatoms. The molecular formula is C14H14BrNO2. The van der Waals surface area contributed by atoms with Crippen molar-refractivity contribution in [1.82, 2.24) is 0 Å². The average Bonchev–Trinajstić information content (AvgIpc) is 2.35. The van der Waals surface area contributed by atoms with Crippen LogP contribution in [0.25, 0.3) is 10.8 Å². The third-order valence-corrected chi connectivity index (χ3v) is 3.30. The Balaban J connectivity index is 2.72. The van der Waals surface area contributed by atoms with E-state index in [2.05, 4.69) is 15.9 Å². The smallest absolute Gasteiger partial charge is 0.339 e. The highest BCUT2D eigenvalue weighted by atomic mass is 79.9. The quantitative estimate of drug-likeness (QED) is 0.796. The summed E-state index contributed by atoms with van der Waals surface area (Å²) in [5.74, 6) is -0.319. The van der Waals surface area contributed by atoms with Crippen molar-refractivity contribution in [2.24, 2.45) is 0 Å². The van der Waals surface area contributed by atoms with Gasteiger partial charge in [0.05, 0.1) is 18.4 Å². The molecular weight excluding hydrogens is 294 g/mol. The summed E-state index contributed by atoms with van der Waals surface area (Å²) in [4.78, 5) is 13.7. The van der Waals surface area contributed by atoms with Crippen molar-refractivity contribution in [1.29, 1.82) is 0 Å². The molecule has 0 atom stereocenters. The van der Waals surface area contributed by atoms with E-state index in [1.54, 1.807) is 0 Å². The van der Waals surface area contributed by atoms with Gasteiger partial charge in [0.15, 0.2) is 0 Å². The summed E-state index contributed by atoms with van der Waals surface area (Å²) >= 11 is 3.43. The number of benzene rings is 2. The van der Waals surface area contributed by atoms with Crippen LogP contribution in [0.4, 0.5) is 5.69 Å². The van der Waals surface area contributed by atoms with E-state index in [1.807, 2.05) is 49.3 Å². The fourth-order valence-electron chi connectivity index (χ4n) is 1.90. The second-order valence-corrected chi connectivity index (χ2v) is 5.16. The van der Waals surface area contributed by atoms with Gasteiger partial charge in [-0.05, 0) is 35.0 Å². The van der Waals surface area contributed by atoms with Gasteiger partial charge >= 0.3 is 5.97 Å². The Morgan fingerprint density at radius 3 is 2.50 bits per heavy atom. The molecule has 0 fully saturated rings. The number of methoxy groups -OCH3 is 1. The third kappa shape index (κ3) is 2.34. The minimum atomic E-state index is -0.319. The van der Waals surface area contributed by atoms with E-state index in [4.69, 9.17) is 4.74 Å². The molecule has 0 aliphatic heterocycles. The number of anilines is 1. The summed E-state index contributed by atoms with van der Waals surface area (Å²) in [6.45, 7) is 0. The number of esters is 1. The van der Waals surface area contributed by atoms with Crippen molar-refractivity contribution in [3.05, 3.63) is 40.4 Å². The maximum absolute atomic E-state index is 11.8. The molecule has 2 aromatic carbocycles. The molecule has 0 saturated carbocycles. The standard InChI is InChI=1S/C14H14BrNO2/c1-16(2)13-8-9-4-5-11(15)6-10(9)7-12(13)14(17)18-3/h4-8H,1-3H3. The lowest BCUT2D eigenvalue weighted by atomic mass is 10.0. The molecule has 3 nitrogen and oxygen atoms in total. The highest BCUT2D eigenvalue weighted by Crippen LogP contribution is 2.28. The van der Waals surface area contributed by atoms with Gasteiger partial charge in [0.2, 0.25) is 0 Å². The van der Waals surface area contributed by atoms with Crippen LogP contribution in [0.3, 0.4) is 0 Å². The highest BCUT2D eigenvalue weighted by Gasteiger charge is 2.14. The number of hydrogen-bond acceptors (Lipinski definition) is 3. The van der Waals surface area contributed by atoms with Gasteiger partial charge in [-0.3, -0.25) is 0 Å². The van der Waals surface area contributed by atoms with Crippen molar-refractivity contribution in [3.8, 4) is 0 Å². The van der Waals surface area contributed by atoms with Crippen molar-refractivity contribution >= 4 is 38.4 Å². The molecule has 0 radical (unpaired) electrons. The Bertz CT molecular complexity index is 608. The second-order valence-electron chi connectivity index (χ2n) is 4.25. The summed E-state index contributed by atoms with van der Waals surface area (Å²) < 4.78 is 5.82. The van der Waals surface area contributed by atoms with Crippen LogP contribution in [0, 0.1) is 0 Å². The van der Waals surface area contributed by atoms with Gasteiger partial charge in [-0.25, -0.2) is 4.79 Å². The number of carbonyl (C=O) groups is 1. The second kappa shape index (κ2) is 4.98. The Morgan fingerprint density at radius 1 is 1.17 bits per heavy atom.